The first-order valence-corrected chi connectivity index (χ1v) is 7.15. The largest absolute Gasteiger partial charge is 0.391 e. The lowest BCUT2D eigenvalue weighted by atomic mass is 10.1. The second-order valence-electron chi connectivity index (χ2n) is 4.38. The summed E-state index contributed by atoms with van der Waals surface area (Å²) in [6.45, 7) is 1.11. The molecular weight excluding hydrogens is 316 g/mol. The Balaban J connectivity index is 2.89. The minimum Gasteiger partial charge on any atom is -0.349 e. The molecule has 118 valence electrons. The van der Waals surface area contributed by atoms with Crippen LogP contribution in [0.4, 0.5) is 17.6 Å². The molecule has 0 aromatic heterocycles. The third kappa shape index (κ3) is 5.31. The van der Waals surface area contributed by atoms with E-state index in [2.05, 4.69) is 0 Å². The average Bonchev–Trinajstić information content (AvgIpc) is 2.24. The van der Waals surface area contributed by atoms with E-state index in [1.165, 1.54) is 0 Å². The Morgan fingerprint density at radius 2 is 1.95 bits per heavy atom. The highest BCUT2D eigenvalue weighted by molar-refractivity contribution is 7.89. The quantitative estimate of drug-likeness (QED) is 0.822. The molecule has 0 aliphatic carbocycles. The molecule has 1 unspecified atom stereocenters. The van der Waals surface area contributed by atoms with Gasteiger partial charge in [0.25, 0.3) is 5.91 Å². The molecule has 1 aromatic carbocycles. The van der Waals surface area contributed by atoms with Crippen molar-refractivity contribution >= 4 is 15.9 Å². The maximum absolute atomic E-state index is 13.6. The van der Waals surface area contributed by atoms with Gasteiger partial charge in [0, 0.05) is 6.04 Å². The van der Waals surface area contributed by atoms with Crippen molar-refractivity contribution in [2.24, 2.45) is 5.14 Å². The zero-order chi connectivity index (χ0) is 16.4. The first-order chi connectivity index (χ1) is 9.40. The van der Waals surface area contributed by atoms with Crippen molar-refractivity contribution < 1.29 is 30.8 Å². The van der Waals surface area contributed by atoms with Crippen LogP contribution in [0, 0.1) is 5.82 Å². The summed E-state index contributed by atoms with van der Waals surface area (Å²) in [6, 6.07) is 1.00. The van der Waals surface area contributed by atoms with Gasteiger partial charge in [-0.05, 0) is 25.1 Å². The average molecular weight is 328 g/mol. The fraction of sp³-hybridized carbons (Fsp3) is 0.364. The molecule has 0 saturated heterocycles. The van der Waals surface area contributed by atoms with Crippen LogP contribution in [0.5, 0.6) is 0 Å². The summed E-state index contributed by atoms with van der Waals surface area (Å²) in [4.78, 5) is 11.1. The van der Waals surface area contributed by atoms with E-state index in [9.17, 15) is 30.8 Å². The summed E-state index contributed by atoms with van der Waals surface area (Å²) < 4.78 is 71.9. The van der Waals surface area contributed by atoms with Crippen LogP contribution in [-0.4, -0.2) is 26.5 Å². The second-order valence-corrected chi connectivity index (χ2v) is 5.94. The number of halogens is 4. The molecule has 10 heteroatoms. The van der Waals surface area contributed by atoms with Crippen LogP contribution < -0.4 is 10.5 Å². The molecule has 5 nitrogen and oxygen atoms in total. The van der Waals surface area contributed by atoms with Crippen molar-refractivity contribution in [1.29, 1.82) is 0 Å². The maximum Gasteiger partial charge on any atom is 0.391 e. The number of amides is 1. The first-order valence-electron chi connectivity index (χ1n) is 5.60. The number of alkyl halides is 3. The number of nitrogens with one attached hydrogen (secondary N) is 1. The van der Waals surface area contributed by atoms with Crippen molar-refractivity contribution in [3.05, 3.63) is 29.6 Å². The van der Waals surface area contributed by atoms with E-state index < -0.39 is 50.8 Å². The van der Waals surface area contributed by atoms with Gasteiger partial charge >= 0.3 is 6.18 Å². The van der Waals surface area contributed by atoms with E-state index in [4.69, 9.17) is 5.14 Å². The highest BCUT2D eigenvalue weighted by Gasteiger charge is 2.31. The van der Waals surface area contributed by atoms with Gasteiger partial charge in [0.05, 0.1) is 16.9 Å². The third-order valence-electron chi connectivity index (χ3n) is 2.43. The zero-order valence-electron chi connectivity index (χ0n) is 10.7. The molecule has 1 aromatic rings. The molecule has 1 atom stereocenters. The van der Waals surface area contributed by atoms with Crippen molar-refractivity contribution in [2.45, 2.75) is 30.5 Å². The van der Waals surface area contributed by atoms with Gasteiger partial charge in [-0.3, -0.25) is 4.79 Å². The monoisotopic (exact) mass is 328 g/mol. The van der Waals surface area contributed by atoms with E-state index >= 15 is 0 Å². The van der Waals surface area contributed by atoms with Crippen LogP contribution in [-0.2, 0) is 10.0 Å². The van der Waals surface area contributed by atoms with E-state index in [1.54, 1.807) is 0 Å². The topological polar surface area (TPSA) is 89.3 Å². The minimum atomic E-state index is -4.47. The van der Waals surface area contributed by atoms with Crippen LogP contribution in [0.1, 0.15) is 23.7 Å². The summed E-state index contributed by atoms with van der Waals surface area (Å²) in [5.41, 5.74) is -0.573. The Bertz CT molecular complexity index is 643. The predicted octanol–water partition coefficient (Wildman–Crippen LogP) is 1.54. The van der Waals surface area contributed by atoms with Gasteiger partial charge < -0.3 is 5.32 Å². The number of primary sulfonamides is 1. The van der Waals surface area contributed by atoms with Crippen LogP contribution in [0.3, 0.4) is 0 Å². The number of carbonyl (C=O) groups is 1. The lowest BCUT2D eigenvalue weighted by Gasteiger charge is -2.16. The Hall–Kier alpha value is -1.68. The molecule has 0 radical (unpaired) electrons. The molecule has 1 rings (SSSR count). The molecule has 1 amide bonds. The van der Waals surface area contributed by atoms with Gasteiger partial charge in [-0.1, -0.05) is 0 Å². The zero-order valence-corrected chi connectivity index (χ0v) is 11.6. The predicted molar refractivity (Wildman–Crippen MR) is 65.4 cm³/mol. The molecule has 21 heavy (non-hydrogen) atoms. The molecule has 0 aliphatic rings. The molecule has 0 bridgehead atoms. The van der Waals surface area contributed by atoms with Crippen molar-refractivity contribution in [3.63, 3.8) is 0 Å². The van der Waals surface area contributed by atoms with Crippen molar-refractivity contribution in [2.75, 3.05) is 0 Å². The molecule has 0 fully saturated rings. The number of sulfonamides is 1. The van der Waals surface area contributed by atoms with Gasteiger partial charge in [-0.2, -0.15) is 13.2 Å². The summed E-state index contributed by atoms with van der Waals surface area (Å²) in [5, 5.41) is 6.75. The highest BCUT2D eigenvalue weighted by Crippen LogP contribution is 2.21. The van der Waals surface area contributed by atoms with E-state index in [1.807, 2.05) is 5.32 Å². The fourth-order valence-corrected chi connectivity index (χ4v) is 2.08. The molecule has 0 heterocycles. The second kappa shape index (κ2) is 5.98. The number of benzene rings is 1. The summed E-state index contributed by atoms with van der Waals surface area (Å²) >= 11 is 0. The number of hydrogen-bond acceptors (Lipinski definition) is 3. The van der Waals surface area contributed by atoms with Gasteiger partial charge in [0.1, 0.15) is 5.82 Å². The molecule has 3 N–H and O–H groups in total. The Morgan fingerprint density at radius 3 is 2.38 bits per heavy atom. The lowest BCUT2D eigenvalue weighted by molar-refractivity contribution is -0.138. The Morgan fingerprint density at radius 1 is 1.38 bits per heavy atom. The first kappa shape index (κ1) is 17.4. The number of nitrogens with two attached hydrogens (primary N) is 1. The van der Waals surface area contributed by atoms with E-state index in [0.717, 1.165) is 19.1 Å². The summed E-state index contributed by atoms with van der Waals surface area (Å²) in [7, 11) is -4.14. The van der Waals surface area contributed by atoms with Crippen LogP contribution >= 0.6 is 0 Å². The Labute approximate surface area is 118 Å². The molecular formula is C11H12F4N2O3S. The van der Waals surface area contributed by atoms with Gasteiger partial charge in [0.15, 0.2) is 0 Å². The van der Waals surface area contributed by atoms with Crippen LogP contribution in [0.15, 0.2) is 23.1 Å². The van der Waals surface area contributed by atoms with Gasteiger partial charge in [-0.15, -0.1) is 0 Å². The molecule has 0 aliphatic heterocycles. The summed E-state index contributed by atoms with van der Waals surface area (Å²) in [6.07, 6.45) is -5.74. The number of carbonyl (C=O) groups excluding carboxylic acids is 1. The summed E-state index contributed by atoms with van der Waals surface area (Å²) in [5.74, 6) is -2.27. The number of rotatable bonds is 4. The molecule has 0 saturated carbocycles. The Kier molecular flexibility index (Phi) is 4.95. The van der Waals surface area contributed by atoms with E-state index in [-0.39, 0.29) is 0 Å². The third-order valence-corrected chi connectivity index (χ3v) is 3.34. The highest BCUT2D eigenvalue weighted by atomic mass is 32.2. The van der Waals surface area contributed by atoms with Crippen molar-refractivity contribution in [3.8, 4) is 0 Å². The SMILES string of the molecule is CC(CC(F)(F)F)NC(=O)c1ccc(S(N)(=O)=O)cc1F. The minimum absolute atomic E-state index is 0.526. The smallest absolute Gasteiger partial charge is 0.349 e. The van der Waals surface area contributed by atoms with Crippen LogP contribution in [0.2, 0.25) is 0 Å². The normalized spacial score (nSPS) is 13.8. The van der Waals surface area contributed by atoms with Gasteiger partial charge in [0.2, 0.25) is 10.0 Å². The maximum atomic E-state index is 13.6. The fourth-order valence-electron chi connectivity index (χ4n) is 1.56. The lowest BCUT2D eigenvalue weighted by Crippen LogP contribution is -2.36. The van der Waals surface area contributed by atoms with Crippen molar-refractivity contribution in [1.82, 2.24) is 5.32 Å². The number of hydrogen-bond donors (Lipinski definition) is 2. The molecule has 0 spiro atoms. The van der Waals surface area contributed by atoms with E-state index in [0.29, 0.717) is 6.07 Å². The van der Waals surface area contributed by atoms with Crippen LogP contribution in [0.25, 0.3) is 0 Å². The standard InChI is InChI=1S/C11H12F4N2O3S/c1-6(5-11(13,14)15)17-10(18)8-3-2-7(4-9(8)12)21(16,19)20/h2-4,6H,5H2,1H3,(H,17,18)(H2,16,19,20). The van der Waals surface area contributed by atoms with Gasteiger partial charge in [-0.25, -0.2) is 17.9 Å².